The van der Waals surface area contributed by atoms with E-state index in [-0.39, 0.29) is 28.2 Å². The average molecular weight is 803 g/mol. The molecule has 2 atom stereocenters. The SMILES string of the molecule is O=C1CC[C@H](N2Cc3c(ccc4c3OCC43CCN(CCC4CCN(c5ccc6c(c5)-n5c(nc(=O)c7c(Cl)cccc75)C65CCCCC5)CC4)CC3)C2=O)C(O)N1. The lowest BCUT2D eigenvalue weighted by Gasteiger charge is -2.40. The Bertz CT molecular complexity index is 2410. The molecule has 1 unspecified atom stereocenters. The molecule has 1 aliphatic carbocycles. The first-order valence-electron chi connectivity index (χ1n) is 21.6. The third-order valence-electron chi connectivity index (χ3n) is 15.3. The number of aliphatic hydroxyl groups is 1. The lowest BCUT2D eigenvalue weighted by Crippen LogP contribution is -2.55. The minimum Gasteiger partial charge on any atom is -0.492 e. The van der Waals surface area contributed by atoms with E-state index in [2.05, 4.69) is 43.9 Å². The van der Waals surface area contributed by atoms with Gasteiger partial charge in [-0.15, -0.1) is 0 Å². The van der Waals surface area contributed by atoms with Gasteiger partial charge in [0.25, 0.3) is 11.5 Å². The number of halogens is 1. The lowest BCUT2D eigenvalue weighted by molar-refractivity contribution is -0.129. The summed E-state index contributed by atoms with van der Waals surface area (Å²) < 4.78 is 8.70. The Morgan fingerprint density at radius 1 is 0.914 bits per heavy atom. The van der Waals surface area contributed by atoms with Crippen molar-refractivity contribution in [2.75, 3.05) is 44.2 Å². The van der Waals surface area contributed by atoms with Crippen molar-refractivity contribution >= 4 is 40.0 Å². The Morgan fingerprint density at radius 3 is 2.50 bits per heavy atom. The quantitative estimate of drug-likeness (QED) is 0.246. The maximum Gasteiger partial charge on any atom is 0.282 e. The topological polar surface area (TPSA) is 120 Å². The fourth-order valence-electron chi connectivity index (χ4n) is 11.9. The number of nitrogens with zero attached hydrogens (tertiary/aromatic N) is 5. The van der Waals surface area contributed by atoms with E-state index in [1.54, 1.807) is 11.0 Å². The second-order valence-corrected chi connectivity index (χ2v) is 18.6. The summed E-state index contributed by atoms with van der Waals surface area (Å²) in [5.74, 6) is 2.19. The van der Waals surface area contributed by atoms with Crippen molar-refractivity contribution in [1.82, 2.24) is 24.7 Å². The minimum absolute atomic E-state index is 0.0296. The van der Waals surface area contributed by atoms with Crippen LogP contribution >= 0.6 is 11.6 Å². The highest BCUT2D eigenvalue weighted by atomic mass is 35.5. The number of hydrogen-bond donors (Lipinski definition) is 2. The number of benzene rings is 3. The van der Waals surface area contributed by atoms with Crippen molar-refractivity contribution in [2.24, 2.45) is 5.92 Å². The maximum absolute atomic E-state index is 13.4. The number of carbonyl (C=O) groups is 2. The zero-order chi connectivity index (χ0) is 39.3. The van der Waals surface area contributed by atoms with Crippen molar-refractivity contribution in [3.05, 3.63) is 92.0 Å². The van der Waals surface area contributed by atoms with Crippen LogP contribution in [-0.4, -0.2) is 87.9 Å². The van der Waals surface area contributed by atoms with E-state index >= 15 is 0 Å². The number of likely N-dealkylation sites (tertiary alicyclic amines) is 1. The van der Waals surface area contributed by atoms with Crippen molar-refractivity contribution in [3.63, 3.8) is 0 Å². The van der Waals surface area contributed by atoms with Gasteiger partial charge in [-0.25, -0.2) is 0 Å². The smallest absolute Gasteiger partial charge is 0.282 e. The molecule has 2 N–H and O–H groups in total. The zero-order valence-electron chi connectivity index (χ0n) is 33.0. The molecule has 0 bridgehead atoms. The monoisotopic (exact) mass is 802 g/mol. The fourth-order valence-corrected chi connectivity index (χ4v) is 12.2. The fraction of sp³-hybridized carbons (Fsp3) is 0.522. The van der Waals surface area contributed by atoms with Crippen molar-refractivity contribution < 1.29 is 19.4 Å². The Morgan fingerprint density at radius 2 is 1.71 bits per heavy atom. The van der Waals surface area contributed by atoms with E-state index in [9.17, 15) is 19.5 Å². The predicted octanol–water partition coefficient (Wildman–Crippen LogP) is 6.19. The van der Waals surface area contributed by atoms with Crippen molar-refractivity contribution in [1.29, 1.82) is 0 Å². The van der Waals surface area contributed by atoms with Crippen LogP contribution in [0.4, 0.5) is 5.69 Å². The molecule has 3 aromatic carbocycles. The van der Waals surface area contributed by atoms with Gasteiger partial charge in [0.2, 0.25) is 5.91 Å². The van der Waals surface area contributed by atoms with Gasteiger partial charge in [0.05, 0.1) is 46.2 Å². The number of amides is 2. The van der Waals surface area contributed by atoms with Crippen LogP contribution in [-0.2, 0) is 22.2 Å². The van der Waals surface area contributed by atoms with Gasteiger partial charge < -0.3 is 29.9 Å². The summed E-state index contributed by atoms with van der Waals surface area (Å²) in [6.07, 6.45) is 10.9. The number of carbonyl (C=O) groups excluding carboxylic acids is 2. The molecule has 302 valence electrons. The Labute approximate surface area is 343 Å². The summed E-state index contributed by atoms with van der Waals surface area (Å²) in [5, 5.41) is 14.1. The maximum atomic E-state index is 13.4. The van der Waals surface area contributed by atoms with Gasteiger partial charge >= 0.3 is 0 Å². The molecule has 12 heteroatoms. The number of piperidine rings is 3. The predicted molar refractivity (Wildman–Crippen MR) is 222 cm³/mol. The lowest BCUT2D eigenvalue weighted by atomic mass is 9.70. The number of anilines is 1. The molecule has 6 aliphatic heterocycles. The van der Waals surface area contributed by atoms with E-state index in [4.69, 9.17) is 21.3 Å². The number of nitrogens with one attached hydrogen (secondary N) is 1. The van der Waals surface area contributed by atoms with E-state index in [0.29, 0.717) is 47.9 Å². The molecule has 0 radical (unpaired) electrons. The summed E-state index contributed by atoms with van der Waals surface area (Å²) >= 11 is 6.61. The number of aromatic nitrogens is 2. The second kappa shape index (κ2) is 13.8. The van der Waals surface area contributed by atoms with Gasteiger partial charge in [-0.1, -0.05) is 49.1 Å². The normalized spacial score (nSPS) is 24.9. The van der Waals surface area contributed by atoms with Gasteiger partial charge in [-0.3, -0.25) is 19.0 Å². The number of aliphatic hydroxyl groups excluding tert-OH is 1. The van der Waals surface area contributed by atoms with E-state index < -0.39 is 12.3 Å². The van der Waals surface area contributed by atoms with Crippen LogP contribution in [0.25, 0.3) is 16.6 Å². The molecule has 7 aliphatic rings. The summed E-state index contributed by atoms with van der Waals surface area (Å²) in [7, 11) is 0. The summed E-state index contributed by atoms with van der Waals surface area (Å²) in [4.78, 5) is 50.3. The van der Waals surface area contributed by atoms with E-state index in [0.717, 1.165) is 99.6 Å². The van der Waals surface area contributed by atoms with Crippen LogP contribution in [0, 0.1) is 5.92 Å². The third-order valence-corrected chi connectivity index (χ3v) is 15.6. The van der Waals surface area contributed by atoms with Gasteiger partial charge in [0.15, 0.2) is 0 Å². The third kappa shape index (κ3) is 5.59. The largest absolute Gasteiger partial charge is 0.492 e. The molecule has 11 rings (SSSR count). The first-order valence-corrected chi connectivity index (χ1v) is 22.0. The first-order chi connectivity index (χ1) is 28.2. The number of ether oxygens (including phenoxy) is 1. The van der Waals surface area contributed by atoms with Gasteiger partial charge in [-0.05, 0) is 113 Å². The highest BCUT2D eigenvalue weighted by Crippen LogP contribution is 2.53. The molecule has 2 amide bonds. The van der Waals surface area contributed by atoms with Crippen LogP contribution in [0.3, 0.4) is 0 Å². The van der Waals surface area contributed by atoms with Crippen LogP contribution in [0.2, 0.25) is 5.02 Å². The average Bonchev–Trinajstić information content (AvgIpc) is 3.85. The van der Waals surface area contributed by atoms with Gasteiger partial charge in [-0.2, -0.15) is 4.98 Å². The van der Waals surface area contributed by atoms with Crippen LogP contribution in [0.1, 0.15) is 110 Å². The second-order valence-electron chi connectivity index (χ2n) is 18.2. The van der Waals surface area contributed by atoms with Crippen molar-refractivity contribution in [3.8, 4) is 11.4 Å². The molecule has 1 aromatic heterocycles. The Kier molecular flexibility index (Phi) is 8.72. The molecule has 3 saturated heterocycles. The number of hydrogen-bond acceptors (Lipinski definition) is 8. The number of fused-ring (bicyclic) bond motifs is 11. The summed E-state index contributed by atoms with van der Waals surface area (Å²) in [6, 6.07) is 16.4. The van der Waals surface area contributed by atoms with Crippen LogP contribution in [0.5, 0.6) is 5.75 Å². The Balaban J connectivity index is 0.732. The molecule has 7 heterocycles. The highest BCUT2D eigenvalue weighted by Gasteiger charge is 2.49. The standard InChI is InChI=1S/C46H51ClN6O5/c47-34-5-4-6-35-39(34)42(56)49-44-46(16-2-1-3-17-46)32-9-7-29(25-37(32)53(35)44)51-21-14-28(15-22-51)13-20-50-23-18-45(19-24-50)27-58-40-31-26-52(36-11-12-38(54)48-41(36)55)43(57)30(31)8-10-33(40)45/h4-10,25,28,36,41,55H,1-3,11-24,26-27H2,(H,48,54)/t36-,41?/m0/s1. The molecule has 58 heavy (non-hydrogen) atoms. The van der Waals surface area contributed by atoms with Gasteiger partial charge in [0.1, 0.15) is 17.8 Å². The minimum atomic E-state index is -1.05. The molecule has 11 nitrogen and oxygen atoms in total. The molecule has 4 aromatic rings. The molecule has 4 fully saturated rings. The number of rotatable bonds is 5. The van der Waals surface area contributed by atoms with Crippen LogP contribution < -0.4 is 20.5 Å². The van der Waals surface area contributed by atoms with E-state index in [1.807, 2.05) is 18.2 Å². The molecular weight excluding hydrogens is 752 g/mol. The van der Waals surface area contributed by atoms with Gasteiger partial charge in [0, 0.05) is 47.3 Å². The zero-order valence-corrected chi connectivity index (χ0v) is 33.7. The van der Waals surface area contributed by atoms with Crippen molar-refractivity contribution in [2.45, 2.75) is 107 Å². The summed E-state index contributed by atoms with van der Waals surface area (Å²) in [5.41, 5.74) is 6.91. The molecule has 1 saturated carbocycles. The van der Waals surface area contributed by atoms with Crippen LogP contribution in [0.15, 0.2) is 53.3 Å². The molecule has 2 spiro atoms. The first kappa shape index (κ1) is 36.6. The highest BCUT2D eigenvalue weighted by molar-refractivity contribution is 6.35. The Hall–Kier alpha value is -4.45. The van der Waals surface area contributed by atoms with E-state index in [1.165, 1.54) is 42.5 Å². The molecular formula is C46H51ClN6O5. The summed E-state index contributed by atoms with van der Waals surface area (Å²) in [6.45, 7) is 6.31.